The maximum absolute atomic E-state index is 12.0. The second-order valence-corrected chi connectivity index (χ2v) is 4.54. The lowest BCUT2D eigenvalue weighted by molar-refractivity contribution is 0.0922. The fraction of sp³-hybridized carbons (Fsp3) is 0.500. The van der Waals surface area contributed by atoms with Gasteiger partial charge in [0, 0.05) is 6.04 Å². The fourth-order valence-electron chi connectivity index (χ4n) is 2.10. The van der Waals surface area contributed by atoms with Crippen molar-refractivity contribution in [2.75, 3.05) is 0 Å². The Bertz CT molecular complexity index is 414. The summed E-state index contributed by atoms with van der Waals surface area (Å²) >= 11 is 0. The van der Waals surface area contributed by atoms with Crippen molar-refractivity contribution in [1.29, 1.82) is 0 Å². The van der Waals surface area contributed by atoms with E-state index in [1.807, 2.05) is 6.92 Å². The van der Waals surface area contributed by atoms with Crippen LogP contribution in [0.3, 0.4) is 0 Å². The molecule has 4 nitrogen and oxygen atoms in total. The van der Waals surface area contributed by atoms with Crippen LogP contribution in [0, 0.1) is 5.92 Å². The normalized spacial score (nSPS) is 12.4. The first-order chi connectivity index (χ1) is 8.49. The van der Waals surface area contributed by atoms with Crippen LogP contribution in [0.2, 0.25) is 0 Å². The summed E-state index contributed by atoms with van der Waals surface area (Å²) in [7, 11) is 0. The van der Waals surface area contributed by atoms with Crippen molar-refractivity contribution in [1.82, 2.24) is 5.32 Å². The molecule has 0 aromatic heterocycles. The molecular weight excluding hydrogens is 230 g/mol. The predicted molar refractivity (Wildman–Crippen MR) is 70.8 cm³/mol. The molecule has 0 heterocycles. The molecule has 18 heavy (non-hydrogen) atoms. The van der Waals surface area contributed by atoms with E-state index >= 15 is 0 Å². The van der Waals surface area contributed by atoms with Gasteiger partial charge in [-0.3, -0.25) is 4.79 Å². The van der Waals surface area contributed by atoms with Crippen LogP contribution in [0.5, 0.6) is 11.5 Å². The topological polar surface area (TPSA) is 69.6 Å². The Labute approximate surface area is 108 Å². The van der Waals surface area contributed by atoms with Gasteiger partial charge in [0.2, 0.25) is 0 Å². The number of hydrogen-bond acceptors (Lipinski definition) is 3. The Hall–Kier alpha value is -1.71. The molecule has 0 aliphatic carbocycles. The Morgan fingerprint density at radius 1 is 1.28 bits per heavy atom. The lowest BCUT2D eigenvalue weighted by Crippen LogP contribution is -2.37. The Morgan fingerprint density at radius 3 is 2.44 bits per heavy atom. The number of benzene rings is 1. The van der Waals surface area contributed by atoms with Crippen LogP contribution in [0.15, 0.2) is 18.2 Å². The van der Waals surface area contributed by atoms with Crippen molar-refractivity contribution in [3.8, 4) is 11.5 Å². The van der Waals surface area contributed by atoms with E-state index in [-0.39, 0.29) is 29.0 Å². The number of rotatable bonds is 5. The minimum Gasteiger partial charge on any atom is -0.508 e. The molecule has 0 saturated heterocycles. The molecule has 1 unspecified atom stereocenters. The smallest absolute Gasteiger partial charge is 0.255 e. The highest BCUT2D eigenvalue weighted by atomic mass is 16.3. The Morgan fingerprint density at radius 2 is 1.89 bits per heavy atom. The number of phenolic OH excluding ortho intramolecular Hbond substituents is 2. The molecule has 3 N–H and O–H groups in total. The van der Waals surface area contributed by atoms with E-state index in [1.54, 1.807) is 0 Å². The van der Waals surface area contributed by atoms with Gasteiger partial charge in [0.05, 0.1) is 5.56 Å². The Kier molecular flexibility index (Phi) is 5.01. The lowest BCUT2D eigenvalue weighted by atomic mass is 9.95. The van der Waals surface area contributed by atoms with E-state index in [2.05, 4.69) is 19.2 Å². The zero-order chi connectivity index (χ0) is 13.7. The number of carbonyl (C=O) groups excluding carboxylic acids is 1. The van der Waals surface area contributed by atoms with E-state index in [9.17, 15) is 15.0 Å². The van der Waals surface area contributed by atoms with Crippen molar-refractivity contribution in [3.05, 3.63) is 23.8 Å². The second kappa shape index (κ2) is 6.28. The second-order valence-electron chi connectivity index (χ2n) is 4.54. The first-order valence-corrected chi connectivity index (χ1v) is 6.32. The number of carbonyl (C=O) groups is 1. The number of phenols is 2. The minimum absolute atomic E-state index is 0.0341. The van der Waals surface area contributed by atoms with Crippen molar-refractivity contribution < 1.29 is 15.0 Å². The molecular formula is C14H21NO3. The monoisotopic (exact) mass is 251 g/mol. The van der Waals surface area contributed by atoms with Gasteiger partial charge in [-0.1, -0.05) is 26.7 Å². The summed E-state index contributed by atoms with van der Waals surface area (Å²) in [5.74, 6) is -0.105. The van der Waals surface area contributed by atoms with Crippen molar-refractivity contribution in [2.45, 2.75) is 39.7 Å². The summed E-state index contributed by atoms with van der Waals surface area (Å²) in [5, 5.41) is 21.8. The molecule has 0 aliphatic rings. The van der Waals surface area contributed by atoms with Crippen molar-refractivity contribution in [3.63, 3.8) is 0 Å². The molecule has 0 radical (unpaired) electrons. The van der Waals surface area contributed by atoms with E-state index in [1.165, 1.54) is 18.2 Å². The molecule has 100 valence electrons. The van der Waals surface area contributed by atoms with Crippen LogP contribution in [-0.2, 0) is 0 Å². The van der Waals surface area contributed by atoms with Crippen molar-refractivity contribution in [2.24, 2.45) is 5.92 Å². The maximum atomic E-state index is 12.0. The van der Waals surface area contributed by atoms with Crippen LogP contribution in [0.4, 0.5) is 0 Å². The van der Waals surface area contributed by atoms with Gasteiger partial charge in [0.1, 0.15) is 11.5 Å². The highest BCUT2D eigenvalue weighted by molar-refractivity contribution is 5.97. The third-order valence-electron chi connectivity index (χ3n) is 3.34. The largest absolute Gasteiger partial charge is 0.508 e. The van der Waals surface area contributed by atoms with Crippen LogP contribution in [0.1, 0.15) is 44.0 Å². The SMILES string of the molecule is CCC(CC)C(C)NC(=O)c1cc(O)ccc1O. The van der Waals surface area contributed by atoms with Gasteiger partial charge < -0.3 is 15.5 Å². The van der Waals surface area contributed by atoms with E-state index < -0.39 is 0 Å². The van der Waals surface area contributed by atoms with Crippen LogP contribution in [0.25, 0.3) is 0 Å². The van der Waals surface area contributed by atoms with E-state index in [4.69, 9.17) is 0 Å². The summed E-state index contributed by atoms with van der Waals surface area (Å²) in [5.41, 5.74) is 0.104. The molecule has 1 atom stereocenters. The van der Waals surface area contributed by atoms with Crippen LogP contribution in [-0.4, -0.2) is 22.2 Å². The summed E-state index contributed by atoms with van der Waals surface area (Å²) in [6.45, 7) is 6.13. The molecule has 1 amide bonds. The molecule has 0 bridgehead atoms. The highest BCUT2D eigenvalue weighted by Crippen LogP contribution is 2.22. The quantitative estimate of drug-likeness (QED) is 0.705. The molecule has 4 heteroatoms. The number of hydrogen-bond donors (Lipinski definition) is 3. The molecule has 1 aromatic carbocycles. The highest BCUT2D eigenvalue weighted by Gasteiger charge is 2.18. The maximum Gasteiger partial charge on any atom is 0.255 e. The standard InChI is InChI=1S/C14H21NO3/c1-4-10(5-2)9(3)15-14(18)12-8-11(16)6-7-13(12)17/h6-10,16-17H,4-5H2,1-3H3,(H,15,18). The summed E-state index contributed by atoms with van der Waals surface area (Å²) in [4.78, 5) is 12.0. The van der Waals surface area contributed by atoms with Gasteiger partial charge in [0.25, 0.3) is 5.91 Å². The zero-order valence-electron chi connectivity index (χ0n) is 11.1. The average molecular weight is 251 g/mol. The van der Waals surface area contributed by atoms with Crippen LogP contribution >= 0.6 is 0 Å². The van der Waals surface area contributed by atoms with E-state index in [0.29, 0.717) is 5.92 Å². The van der Waals surface area contributed by atoms with Crippen molar-refractivity contribution >= 4 is 5.91 Å². The molecule has 0 saturated carbocycles. The molecule has 0 fully saturated rings. The van der Waals surface area contributed by atoms with Gasteiger partial charge in [-0.05, 0) is 31.0 Å². The van der Waals surface area contributed by atoms with Crippen LogP contribution < -0.4 is 5.32 Å². The van der Waals surface area contributed by atoms with Gasteiger partial charge in [-0.25, -0.2) is 0 Å². The summed E-state index contributed by atoms with van der Waals surface area (Å²) < 4.78 is 0. The molecule has 1 aromatic rings. The summed E-state index contributed by atoms with van der Waals surface area (Å²) in [6, 6.07) is 3.96. The molecule has 0 spiro atoms. The van der Waals surface area contributed by atoms with Gasteiger partial charge >= 0.3 is 0 Å². The fourth-order valence-corrected chi connectivity index (χ4v) is 2.10. The third kappa shape index (κ3) is 3.39. The third-order valence-corrected chi connectivity index (χ3v) is 3.34. The number of amides is 1. The molecule has 1 rings (SSSR count). The molecule has 0 aliphatic heterocycles. The van der Waals surface area contributed by atoms with E-state index in [0.717, 1.165) is 12.8 Å². The van der Waals surface area contributed by atoms with Gasteiger partial charge in [-0.2, -0.15) is 0 Å². The number of nitrogens with one attached hydrogen (secondary N) is 1. The zero-order valence-corrected chi connectivity index (χ0v) is 11.1. The Balaban J connectivity index is 2.79. The lowest BCUT2D eigenvalue weighted by Gasteiger charge is -2.22. The van der Waals surface area contributed by atoms with Gasteiger partial charge in [-0.15, -0.1) is 0 Å². The summed E-state index contributed by atoms with van der Waals surface area (Å²) in [6.07, 6.45) is 1.98. The first kappa shape index (κ1) is 14.4. The number of aromatic hydroxyl groups is 2. The average Bonchev–Trinajstić information content (AvgIpc) is 2.33. The minimum atomic E-state index is -0.359. The van der Waals surface area contributed by atoms with Gasteiger partial charge in [0.15, 0.2) is 0 Å². The predicted octanol–water partition coefficient (Wildman–Crippen LogP) is 2.65. The first-order valence-electron chi connectivity index (χ1n) is 6.32.